The molecule has 0 saturated carbocycles. The zero-order valence-corrected chi connectivity index (χ0v) is 13.1. The van der Waals surface area contributed by atoms with Crippen molar-refractivity contribution < 1.29 is 8.42 Å². The second kappa shape index (κ2) is 5.41. The zero-order chi connectivity index (χ0) is 12.5. The van der Waals surface area contributed by atoms with Gasteiger partial charge in [-0.05, 0) is 31.4 Å². The third-order valence-corrected chi connectivity index (χ3v) is 8.64. The van der Waals surface area contributed by atoms with Gasteiger partial charge in [0.2, 0.25) is 0 Å². The Kier molecular flexibility index (Phi) is 4.31. The van der Waals surface area contributed by atoms with Gasteiger partial charge in [0, 0.05) is 9.75 Å². The highest BCUT2D eigenvalue weighted by Crippen LogP contribution is 2.39. The van der Waals surface area contributed by atoms with Crippen LogP contribution in [0.1, 0.15) is 40.8 Å². The third-order valence-electron chi connectivity index (χ3n) is 3.26. The average molecular weight is 337 g/mol. The van der Waals surface area contributed by atoms with Crippen LogP contribution in [0.15, 0.2) is 12.1 Å². The first-order valence-corrected chi connectivity index (χ1v) is 9.43. The average Bonchev–Trinajstić information content (AvgIpc) is 2.76. The summed E-state index contributed by atoms with van der Waals surface area (Å²) in [5, 5.41) is -0.236. The van der Waals surface area contributed by atoms with Crippen molar-refractivity contribution in [2.45, 2.75) is 42.7 Å². The van der Waals surface area contributed by atoms with Crippen molar-refractivity contribution in [1.82, 2.24) is 0 Å². The van der Waals surface area contributed by atoms with Crippen LogP contribution in [-0.4, -0.2) is 19.4 Å². The van der Waals surface area contributed by atoms with Crippen molar-refractivity contribution >= 4 is 37.1 Å². The number of sulfone groups is 1. The molecule has 0 bridgehead atoms. The van der Waals surface area contributed by atoms with Crippen LogP contribution < -0.4 is 0 Å². The minimum Gasteiger partial charge on any atom is -0.228 e. The summed E-state index contributed by atoms with van der Waals surface area (Å²) in [6.07, 6.45) is 3.65. The fourth-order valence-electron chi connectivity index (χ4n) is 2.22. The molecule has 1 aliphatic heterocycles. The topological polar surface area (TPSA) is 34.1 Å². The zero-order valence-electron chi connectivity index (χ0n) is 9.86. The summed E-state index contributed by atoms with van der Waals surface area (Å²) in [6.45, 7) is 2.12. The second-order valence-corrected chi connectivity index (χ2v) is 8.99. The van der Waals surface area contributed by atoms with E-state index in [4.69, 9.17) is 0 Å². The molecule has 2 nitrogen and oxygen atoms in total. The Morgan fingerprint density at radius 3 is 2.82 bits per heavy atom. The fourth-order valence-corrected chi connectivity index (χ4v) is 6.94. The Labute approximate surface area is 115 Å². The quantitative estimate of drug-likeness (QED) is 0.788. The highest BCUT2D eigenvalue weighted by atomic mass is 79.9. The molecule has 1 aliphatic rings. The van der Waals surface area contributed by atoms with Gasteiger partial charge in [0.05, 0.1) is 15.8 Å². The summed E-state index contributed by atoms with van der Waals surface area (Å²) < 4.78 is 24.1. The third kappa shape index (κ3) is 2.93. The number of halogens is 1. The van der Waals surface area contributed by atoms with E-state index >= 15 is 0 Å². The summed E-state index contributed by atoms with van der Waals surface area (Å²) in [5.41, 5.74) is 0. The summed E-state index contributed by atoms with van der Waals surface area (Å²) in [7, 11) is -2.91. The number of rotatable bonds is 3. The van der Waals surface area contributed by atoms with E-state index in [1.807, 2.05) is 0 Å². The molecule has 2 unspecified atom stereocenters. The Bertz CT molecular complexity index is 478. The molecular weight excluding hydrogens is 320 g/mol. The predicted octanol–water partition coefficient (Wildman–Crippen LogP) is 3.71. The van der Waals surface area contributed by atoms with Gasteiger partial charge in [-0.2, -0.15) is 0 Å². The first kappa shape index (κ1) is 13.6. The smallest absolute Gasteiger partial charge is 0.154 e. The molecule has 0 spiro atoms. The van der Waals surface area contributed by atoms with Crippen LogP contribution in [-0.2, 0) is 16.3 Å². The molecule has 0 N–H and O–H groups in total. The molecule has 96 valence electrons. The van der Waals surface area contributed by atoms with E-state index < -0.39 is 9.84 Å². The molecule has 17 heavy (non-hydrogen) atoms. The van der Waals surface area contributed by atoms with Crippen LogP contribution in [0.2, 0.25) is 0 Å². The number of alkyl halides is 1. The molecule has 1 aromatic rings. The van der Waals surface area contributed by atoms with Crippen molar-refractivity contribution in [3.05, 3.63) is 21.9 Å². The normalized spacial score (nSPS) is 25.6. The summed E-state index contributed by atoms with van der Waals surface area (Å²) in [5.74, 6) is 0.353. The first-order valence-electron chi connectivity index (χ1n) is 5.99. The van der Waals surface area contributed by atoms with Gasteiger partial charge in [0.1, 0.15) is 0 Å². The van der Waals surface area contributed by atoms with E-state index in [-0.39, 0.29) is 10.1 Å². The van der Waals surface area contributed by atoms with Crippen molar-refractivity contribution in [1.29, 1.82) is 0 Å². The van der Waals surface area contributed by atoms with Crippen molar-refractivity contribution in [3.63, 3.8) is 0 Å². The lowest BCUT2D eigenvalue weighted by atomic mass is 10.1. The molecule has 0 radical (unpaired) electrons. The van der Waals surface area contributed by atoms with Gasteiger partial charge < -0.3 is 0 Å². The molecular formula is C12H17BrO2S2. The van der Waals surface area contributed by atoms with Crippen molar-refractivity contribution in [3.8, 4) is 0 Å². The number of hydrogen-bond donors (Lipinski definition) is 0. The first-order chi connectivity index (χ1) is 8.04. The molecule has 1 saturated heterocycles. The summed E-state index contributed by atoms with van der Waals surface area (Å²) in [4.78, 5) is 2.44. The highest BCUT2D eigenvalue weighted by Gasteiger charge is 2.35. The highest BCUT2D eigenvalue weighted by molar-refractivity contribution is 9.09. The molecule has 0 amide bonds. The maximum absolute atomic E-state index is 12.0. The molecule has 2 rings (SSSR count). The van der Waals surface area contributed by atoms with E-state index in [2.05, 4.69) is 35.0 Å². The van der Waals surface area contributed by atoms with Gasteiger partial charge in [0.15, 0.2) is 9.84 Å². The molecule has 2 heterocycles. The maximum atomic E-state index is 12.0. The lowest BCUT2D eigenvalue weighted by molar-refractivity contribution is 0.538. The Morgan fingerprint density at radius 1 is 1.47 bits per heavy atom. The van der Waals surface area contributed by atoms with Gasteiger partial charge in [-0.3, -0.25) is 0 Å². The van der Waals surface area contributed by atoms with Gasteiger partial charge >= 0.3 is 0 Å². The molecule has 0 aromatic carbocycles. The van der Waals surface area contributed by atoms with Gasteiger partial charge in [-0.25, -0.2) is 8.42 Å². The van der Waals surface area contributed by atoms with E-state index in [9.17, 15) is 8.42 Å². The predicted molar refractivity (Wildman–Crippen MR) is 76.8 cm³/mol. The van der Waals surface area contributed by atoms with E-state index in [0.29, 0.717) is 5.75 Å². The summed E-state index contributed by atoms with van der Waals surface area (Å²) in [6, 6.07) is 4.16. The Hall–Kier alpha value is 0.130. The van der Waals surface area contributed by atoms with Gasteiger partial charge in [-0.1, -0.05) is 29.3 Å². The molecule has 1 aromatic heterocycles. The minimum atomic E-state index is -2.91. The van der Waals surface area contributed by atoms with Crippen LogP contribution in [0.25, 0.3) is 0 Å². The largest absolute Gasteiger partial charge is 0.228 e. The van der Waals surface area contributed by atoms with Gasteiger partial charge in [-0.15, -0.1) is 11.3 Å². The molecule has 5 heteroatoms. The van der Waals surface area contributed by atoms with Crippen LogP contribution in [0.5, 0.6) is 0 Å². The molecule has 1 fully saturated rings. The molecule has 2 atom stereocenters. The Morgan fingerprint density at radius 2 is 2.24 bits per heavy atom. The number of thiophene rings is 1. The lowest BCUT2D eigenvalue weighted by Gasteiger charge is -2.25. The van der Waals surface area contributed by atoms with Gasteiger partial charge in [0.25, 0.3) is 0 Å². The van der Waals surface area contributed by atoms with Crippen LogP contribution in [0.4, 0.5) is 0 Å². The van der Waals surface area contributed by atoms with Crippen LogP contribution >= 0.6 is 27.3 Å². The number of hydrogen-bond acceptors (Lipinski definition) is 3. The van der Waals surface area contributed by atoms with E-state index in [0.717, 1.165) is 30.6 Å². The SMILES string of the molecule is CCc1ccc(C(Br)C2CCCCS2(=O)=O)s1. The Balaban J connectivity index is 2.21. The molecule has 0 aliphatic carbocycles. The monoisotopic (exact) mass is 336 g/mol. The van der Waals surface area contributed by atoms with Crippen molar-refractivity contribution in [2.75, 3.05) is 5.75 Å². The van der Waals surface area contributed by atoms with E-state index in [1.165, 1.54) is 4.88 Å². The number of aryl methyl sites for hydroxylation is 1. The van der Waals surface area contributed by atoms with Crippen molar-refractivity contribution in [2.24, 2.45) is 0 Å². The second-order valence-electron chi connectivity index (χ2n) is 4.46. The maximum Gasteiger partial charge on any atom is 0.154 e. The van der Waals surface area contributed by atoms with Crippen LogP contribution in [0, 0.1) is 0 Å². The minimum absolute atomic E-state index is 0.0295. The fraction of sp³-hybridized carbons (Fsp3) is 0.667. The summed E-state index contributed by atoms with van der Waals surface area (Å²) >= 11 is 5.32. The standard InChI is InChI=1S/C12H17BrO2S2/c1-2-9-6-7-10(16-9)12(13)11-5-3-4-8-17(11,14)15/h6-7,11-12H,2-5,8H2,1H3. The van der Waals surface area contributed by atoms with E-state index in [1.54, 1.807) is 11.3 Å². The lowest BCUT2D eigenvalue weighted by Crippen LogP contribution is -2.31. The van der Waals surface area contributed by atoms with Crippen LogP contribution in [0.3, 0.4) is 0 Å².